The first-order chi connectivity index (χ1) is 14.1. The predicted molar refractivity (Wildman–Crippen MR) is 111 cm³/mol. The van der Waals surface area contributed by atoms with Crippen LogP contribution in [0.1, 0.15) is 25.1 Å². The van der Waals surface area contributed by atoms with E-state index in [1.165, 1.54) is 0 Å². The number of ether oxygens (including phenoxy) is 1. The van der Waals surface area contributed by atoms with Gasteiger partial charge in [0.15, 0.2) is 0 Å². The third kappa shape index (κ3) is 3.59. The molecular weight excluding hydrogens is 368 g/mol. The molecule has 1 unspecified atom stereocenters. The molecule has 2 aromatic carbocycles. The van der Waals surface area contributed by atoms with Crippen LogP contribution in [-0.2, 0) is 16.0 Å². The maximum absolute atomic E-state index is 12.6. The van der Waals surface area contributed by atoms with Crippen LogP contribution in [0.25, 0.3) is 11.1 Å². The minimum Gasteiger partial charge on any atom is -0.497 e. The molecule has 2 heterocycles. The molecule has 1 aliphatic heterocycles. The molecule has 0 saturated carbocycles. The number of aryl methyl sites for hydroxylation is 1. The van der Waals surface area contributed by atoms with Crippen molar-refractivity contribution in [2.75, 3.05) is 17.7 Å². The zero-order valence-corrected chi connectivity index (χ0v) is 16.3. The molecule has 7 nitrogen and oxygen atoms in total. The van der Waals surface area contributed by atoms with Crippen molar-refractivity contribution in [1.29, 1.82) is 0 Å². The Hall–Kier alpha value is -3.61. The van der Waals surface area contributed by atoms with Gasteiger partial charge in [0, 0.05) is 11.3 Å². The third-order valence-electron chi connectivity index (χ3n) is 4.97. The number of methoxy groups -OCH3 is 1. The van der Waals surface area contributed by atoms with E-state index in [4.69, 9.17) is 4.74 Å². The second kappa shape index (κ2) is 7.79. The summed E-state index contributed by atoms with van der Waals surface area (Å²) in [5, 5.41) is 10.4. The van der Waals surface area contributed by atoms with E-state index in [9.17, 15) is 9.59 Å². The summed E-state index contributed by atoms with van der Waals surface area (Å²) in [7, 11) is 1.59. The summed E-state index contributed by atoms with van der Waals surface area (Å²) < 4.78 is 6.77. The lowest BCUT2D eigenvalue weighted by Crippen LogP contribution is -2.23. The molecule has 7 heteroatoms. The van der Waals surface area contributed by atoms with Gasteiger partial charge in [-0.15, -0.1) is 0 Å². The molecule has 4 rings (SSSR count). The average Bonchev–Trinajstić information content (AvgIpc) is 3.24. The predicted octanol–water partition coefficient (Wildman–Crippen LogP) is 3.64. The summed E-state index contributed by atoms with van der Waals surface area (Å²) in [4.78, 5) is 25.1. The molecule has 0 aliphatic carbocycles. The summed E-state index contributed by atoms with van der Waals surface area (Å²) in [6.45, 7) is 2.03. The number of nitrogens with zero attached hydrogens (tertiary/aromatic N) is 2. The van der Waals surface area contributed by atoms with E-state index in [1.807, 2.05) is 37.3 Å². The molecule has 3 aromatic rings. The number of carbonyl (C=O) groups excluding carboxylic acids is 2. The molecule has 1 aliphatic rings. The van der Waals surface area contributed by atoms with Crippen molar-refractivity contribution in [3.8, 4) is 16.9 Å². The van der Waals surface area contributed by atoms with Crippen LogP contribution in [-0.4, -0.2) is 28.7 Å². The number of benzene rings is 2. The van der Waals surface area contributed by atoms with Gasteiger partial charge >= 0.3 is 0 Å². The van der Waals surface area contributed by atoms with E-state index in [-0.39, 0.29) is 18.2 Å². The molecule has 0 fully saturated rings. The minimum absolute atomic E-state index is 0.00390. The summed E-state index contributed by atoms with van der Waals surface area (Å²) in [5.41, 5.74) is 3.45. The largest absolute Gasteiger partial charge is 0.497 e. The highest BCUT2D eigenvalue weighted by atomic mass is 16.5. The Bertz CT molecular complexity index is 1040. The number of hydrogen-bond donors (Lipinski definition) is 2. The number of hydrogen-bond acceptors (Lipinski definition) is 4. The van der Waals surface area contributed by atoms with Crippen LogP contribution < -0.4 is 15.4 Å². The molecule has 148 valence electrons. The second-order valence-corrected chi connectivity index (χ2v) is 6.82. The van der Waals surface area contributed by atoms with Crippen LogP contribution in [0.15, 0.2) is 54.6 Å². The monoisotopic (exact) mass is 390 g/mol. The Balaban J connectivity index is 1.57. The normalized spacial score (nSPS) is 15.0. The van der Waals surface area contributed by atoms with Gasteiger partial charge in [-0.25, -0.2) is 4.68 Å². The van der Waals surface area contributed by atoms with Crippen LogP contribution in [0, 0.1) is 0 Å². The topological polar surface area (TPSA) is 85.2 Å². The molecule has 0 bridgehead atoms. The van der Waals surface area contributed by atoms with Crippen LogP contribution in [0.3, 0.4) is 0 Å². The highest BCUT2D eigenvalue weighted by Gasteiger charge is 2.36. The molecular formula is C22H22N4O3. The Morgan fingerprint density at radius 3 is 2.55 bits per heavy atom. The molecule has 2 N–H and O–H groups in total. The summed E-state index contributed by atoms with van der Waals surface area (Å²) in [6, 6.07) is 16.2. The Morgan fingerprint density at radius 1 is 1.17 bits per heavy atom. The maximum Gasteiger partial charge on any atom is 0.251 e. The lowest BCUT2D eigenvalue weighted by Gasteiger charge is -2.10. The average molecular weight is 390 g/mol. The molecule has 1 atom stereocenters. The van der Waals surface area contributed by atoms with Crippen molar-refractivity contribution >= 4 is 23.3 Å². The number of carbonyl (C=O) groups is 2. The number of aromatic nitrogens is 2. The van der Waals surface area contributed by atoms with Crippen molar-refractivity contribution in [2.45, 2.75) is 25.8 Å². The summed E-state index contributed by atoms with van der Waals surface area (Å²) >= 11 is 0. The van der Waals surface area contributed by atoms with Crippen LogP contribution in [0.4, 0.5) is 11.5 Å². The van der Waals surface area contributed by atoms with Crippen molar-refractivity contribution in [3.63, 3.8) is 0 Å². The number of amides is 2. The first-order valence-electron chi connectivity index (χ1n) is 9.52. The van der Waals surface area contributed by atoms with Crippen LogP contribution in [0.2, 0.25) is 0 Å². The Morgan fingerprint density at radius 2 is 1.90 bits per heavy atom. The fraction of sp³-hybridized carbons (Fsp3) is 0.227. The van der Waals surface area contributed by atoms with Crippen molar-refractivity contribution in [2.24, 2.45) is 0 Å². The van der Waals surface area contributed by atoms with E-state index in [2.05, 4.69) is 15.7 Å². The van der Waals surface area contributed by atoms with Crippen molar-refractivity contribution in [1.82, 2.24) is 9.78 Å². The zero-order chi connectivity index (χ0) is 20.4. The quantitative estimate of drug-likeness (QED) is 0.673. The van der Waals surface area contributed by atoms with Gasteiger partial charge in [0.1, 0.15) is 17.6 Å². The summed E-state index contributed by atoms with van der Waals surface area (Å²) in [5.74, 6) is 0.885. The first-order valence-corrected chi connectivity index (χ1v) is 9.52. The van der Waals surface area contributed by atoms with Gasteiger partial charge in [-0.05, 0) is 36.2 Å². The highest BCUT2D eigenvalue weighted by molar-refractivity contribution is 6.04. The van der Waals surface area contributed by atoms with E-state index in [0.29, 0.717) is 17.3 Å². The molecule has 2 amide bonds. The summed E-state index contributed by atoms with van der Waals surface area (Å²) in [6.07, 6.45) is 0.731. The standard InChI is InChI=1S/C22H22N4O3/c1-3-17-20(14-7-5-4-6-8-14)21-24-22(28)18(26(21)25-17)13-19(27)23-15-9-11-16(29-2)12-10-15/h4-12,18H,3,13H2,1-2H3,(H,23,27)(H,24,28). The Labute approximate surface area is 168 Å². The van der Waals surface area contributed by atoms with Gasteiger partial charge in [-0.3, -0.25) is 9.59 Å². The van der Waals surface area contributed by atoms with Gasteiger partial charge in [-0.2, -0.15) is 5.10 Å². The number of nitrogens with one attached hydrogen (secondary N) is 2. The smallest absolute Gasteiger partial charge is 0.251 e. The van der Waals surface area contributed by atoms with E-state index in [1.54, 1.807) is 36.1 Å². The number of anilines is 2. The van der Waals surface area contributed by atoms with Gasteiger partial charge in [0.05, 0.1) is 19.2 Å². The van der Waals surface area contributed by atoms with Gasteiger partial charge < -0.3 is 15.4 Å². The van der Waals surface area contributed by atoms with Crippen LogP contribution in [0.5, 0.6) is 5.75 Å². The molecule has 0 spiro atoms. The fourth-order valence-corrected chi connectivity index (χ4v) is 3.53. The molecule has 0 radical (unpaired) electrons. The van der Waals surface area contributed by atoms with E-state index >= 15 is 0 Å². The lowest BCUT2D eigenvalue weighted by atomic mass is 10.0. The Kier molecular flexibility index (Phi) is 5.03. The van der Waals surface area contributed by atoms with E-state index < -0.39 is 6.04 Å². The van der Waals surface area contributed by atoms with Gasteiger partial charge in [0.2, 0.25) is 5.91 Å². The maximum atomic E-state index is 12.6. The van der Waals surface area contributed by atoms with E-state index in [0.717, 1.165) is 23.2 Å². The zero-order valence-electron chi connectivity index (χ0n) is 16.3. The minimum atomic E-state index is -0.675. The van der Waals surface area contributed by atoms with Crippen LogP contribution >= 0.6 is 0 Å². The molecule has 0 saturated heterocycles. The number of fused-ring (bicyclic) bond motifs is 1. The second-order valence-electron chi connectivity index (χ2n) is 6.82. The first kappa shape index (κ1) is 18.7. The molecule has 29 heavy (non-hydrogen) atoms. The SMILES string of the molecule is CCc1nn2c(c1-c1ccccc1)NC(=O)C2CC(=O)Nc1ccc(OC)cc1. The van der Waals surface area contributed by atoms with Gasteiger partial charge in [0.25, 0.3) is 5.91 Å². The van der Waals surface area contributed by atoms with Crippen molar-refractivity contribution in [3.05, 3.63) is 60.3 Å². The molecule has 1 aromatic heterocycles. The lowest BCUT2D eigenvalue weighted by molar-refractivity contribution is -0.123. The third-order valence-corrected chi connectivity index (χ3v) is 4.97. The highest BCUT2D eigenvalue weighted by Crippen LogP contribution is 2.38. The number of rotatable bonds is 6. The fourth-order valence-electron chi connectivity index (χ4n) is 3.53. The van der Waals surface area contributed by atoms with Crippen molar-refractivity contribution < 1.29 is 14.3 Å². The van der Waals surface area contributed by atoms with Gasteiger partial charge in [-0.1, -0.05) is 37.3 Å².